The average Bonchev–Trinajstić information content (AvgIpc) is 2.51. The molecule has 0 aliphatic heterocycles. The van der Waals surface area contributed by atoms with E-state index in [0.717, 1.165) is 11.1 Å². The summed E-state index contributed by atoms with van der Waals surface area (Å²) in [5, 5.41) is 0. The molecule has 5 heteroatoms. The van der Waals surface area contributed by atoms with Crippen molar-refractivity contribution in [3.8, 4) is 5.88 Å². The summed E-state index contributed by atoms with van der Waals surface area (Å²) < 4.78 is 5.03. The van der Waals surface area contributed by atoms with Gasteiger partial charge in [0.2, 0.25) is 5.88 Å². The number of nitrogens with zero attached hydrogens (tertiary/aromatic N) is 2. The smallest absolute Gasteiger partial charge is 0.277 e. The summed E-state index contributed by atoms with van der Waals surface area (Å²) in [6, 6.07) is 3.39. The van der Waals surface area contributed by atoms with Crippen LogP contribution in [0.4, 0.5) is 0 Å². The zero-order valence-electron chi connectivity index (χ0n) is 13.0. The van der Waals surface area contributed by atoms with Crippen molar-refractivity contribution >= 4 is 16.6 Å². The van der Waals surface area contributed by atoms with E-state index in [0.29, 0.717) is 17.2 Å². The first kappa shape index (κ1) is 15.7. The monoisotopic (exact) mass is 297 g/mol. The molecule has 114 valence electrons. The fourth-order valence-corrected chi connectivity index (χ4v) is 2.26. The van der Waals surface area contributed by atoms with Crippen molar-refractivity contribution in [1.29, 1.82) is 0 Å². The molecular weight excluding hydrogens is 278 g/mol. The van der Waals surface area contributed by atoms with Crippen LogP contribution >= 0.6 is 0 Å². The SMILES string of the molecule is C=C/C(=C(\C=C)C(C)C)c1nc2ccc(OC)nc2c(=O)[nH]1. The van der Waals surface area contributed by atoms with E-state index in [-0.39, 0.29) is 17.0 Å². The number of ether oxygens (including phenoxy) is 1. The number of hydrogen-bond donors (Lipinski definition) is 1. The molecule has 0 aliphatic rings. The topological polar surface area (TPSA) is 67.9 Å². The first-order valence-corrected chi connectivity index (χ1v) is 6.96. The molecule has 0 aromatic carbocycles. The van der Waals surface area contributed by atoms with Gasteiger partial charge < -0.3 is 9.72 Å². The summed E-state index contributed by atoms with van der Waals surface area (Å²) in [5.74, 6) is 1.07. The molecule has 22 heavy (non-hydrogen) atoms. The minimum absolute atomic E-state index is 0.237. The molecule has 0 radical (unpaired) electrons. The van der Waals surface area contributed by atoms with Gasteiger partial charge in [-0.15, -0.1) is 0 Å². The van der Waals surface area contributed by atoms with Gasteiger partial charge in [0.1, 0.15) is 5.82 Å². The number of pyridine rings is 1. The maximum atomic E-state index is 12.3. The van der Waals surface area contributed by atoms with Crippen LogP contribution in [0, 0.1) is 5.92 Å². The highest BCUT2D eigenvalue weighted by molar-refractivity contribution is 5.79. The van der Waals surface area contributed by atoms with Crippen LogP contribution in [0.3, 0.4) is 0 Å². The third kappa shape index (κ3) is 2.83. The number of H-pyrrole nitrogens is 1. The Labute approximate surface area is 129 Å². The first-order chi connectivity index (χ1) is 10.5. The molecule has 0 bridgehead atoms. The fraction of sp³-hybridized carbons (Fsp3) is 0.235. The van der Waals surface area contributed by atoms with Gasteiger partial charge >= 0.3 is 0 Å². The number of rotatable bonds is 5. The van der Waals surface area contributed by atoms with E-state index in [9.17, 15) is 4.79 Å². The third-order valence-electron chi connectivity index (χ3n) is 3.35. The Morgan fingerprint density at radius 1 is 1.27 bits per heavy atom. The van der Waals surface area contributed by atoms with Crippen molar-refractivity contribution in [2.45, 2.75) is 13.8 Å². The van der Waals surface area contributed by atoms with Crippen LogP contribution < -0.4 is 10.3 Å². The summed E-state index contributed by atoms with van der Waals surface area (Å²) in [6.07, 6.45) is 3.44. The van der Waals surface area contributed by atoms with Crippen molar-refractivity contribution in [3.05, 3.63) is 59.2 Å². The van der Waals surface area contributed by atoms with Gasteiger partial charge in [0, 0.05) is 11.6 Å². The second-order valence-electron chi connectivity index (χ2n) is 5.07. The third-order valence-corrected chi connectivity index (χ3v) is 3.35. The lowest BCUT2D eigenvalue weighted by Crippen LogP contribution is -2.14. The molecule has 0 spiro atoms. The minimum Gasteiger partial charge on any atom is -0.481 e. The van der Waals surface area contributed by atoms with Crippen molar-refractivity contribution in [2.24, 2.45) is 5.92 Å². The van der Waals surface area contributed by atoms with Crippen LogP contribution in [0.5, 0.6) is 5.88 Å². The number of aromatic nitrogens is 3. The van der Waals surface area contributed by atoms with Gasteiger partial charge in [-0.1, -0.05) is 39.2 Å². The van der Waals surface area contributed by atoms with E-state index < -0.39 is 0 Å². The standard InChI is InChI=1S/C17H19N3O2/c1-6-11(10(3)4)12(7-2)16-18-13-8-9-14(22-5)19-15(13)17(21)20-16/h6-10H,1-2H2,3-5H3,(H,18,20,21)/b12-11-. The largest absolute Gasteiger partial charge is 0.481 e. The van der Waals surface area contributed by atoms with Crippen LogP contribution in [-0.2, 0) is 0 Å². The second kappa shape index (κ2) is 6.39. The van der Waals surface area contributed by atoms with Crippen LogP contribution in [-0.4, -0.2) is 22.1 Å². The molecule has 0 saturated heterocycles. The molecule has 2 heterocycles. The Morgan fingerprint density at radius 3 is 2.55 bits per heavy atom. The lowest BCUT2D eigenvalue weighted by molar-refractivity contribution is 0.399. The molecule has 5 nitrogen and oxygen atoms in total. The highest BCUT2D eigenvalue weighted by atomic mass is 16.5. The van der Waals surface area contributed by atoms with Crippen molar-refractivity contribution < 1.29 is 4.74 Å². The quantitative estimate of drug-likeness (QED) is 0.861. The Balaban J connectivity index is 2.74. The van der Waals surface area contributed by atoms with Gasteiger partial charge in [0.15, 0.2) is 5.52 Å². The Morgan fingerprint density at radius 2 is 2.00 bits per heavy atom. The first-order valence-electron chi connectivity index (χ1n) is 6.96. The zero-order valence-corrected chi connectivity index (χ0v) is 13.0. The maximum absolute atomic E-state index is 12.3. The molecule has 0 atom stereocenters. The second-order valence-corrected chi connectivity index (χ2v) is 5.07. The van der Waals surface area contributed by atoms with Crippen LogP contribution in [0.15, 0.2) is 47.8 Å². The predicted molar refractivity (Wildman–Crippen MR) is 88.9 cm³/mol. The summed E-state index contributed by atoms with van der Waals surface area (Å²) >= 11 is 0. The van der Waals surface area contributed by atoms with Gasteiger partial charge in [-0.25, -0.2) is 9.97 Å². The van der Waals surface area contributed by atoms with Gasteiger partial charge in [-0.3, -0.25) is 4.79 Å². The van der Waals surface area contributed by atoms with Crippen molar-refractivity contribution in [1.82, 2.24) is 15.0 Å². The van der Waals surface area contributed by atoms with Gasteiger partial charge in [-0.05, 0) is 17.6 Å². The summed E-state index contributed by atoms with van der Waals surface area (Å²) in [7, 11) is 1.50. The van der Waals surface area contributed by atoms with E-state index in [1.807, 2.05) is 13.8 Å². The van der Waals surface area contributed by atoms with E-state index in [1.54, 1.807) is 24.3 Å². The number of allylic oxidation sites excluding steroid dienone is 4. The average molecular weight is 297 g/mol. The van der Waals surface area contributed by atoms with E-state index >= 15 is 0 Å². The highest BCUT2D eigenvalue weighted by Gasteiger charge is 2.13. The number of nitrogens with one attached hydrogen (secondary N) is 1. The molecule has 1 N–H and O–H groups in total. The predicted octanol–water partition coefficient (Wildman–Crippen LogP) is 3.11. The van der Waals surface area contributed by atoms with Gasteiger partial charge in [0.25, 0.3) is 5.56 Å². The zero-order chi connectivity index (χ0) is 16.3. The number of hydrogen-bond acceptors (Lipinski definition) is 4. The Hall–Kier alpha value is -2.69. The number of methoxy groups -OCH3 is 1. The molecule has 0 aliphatic carbocycles. The van der Waals surface area contributed by atoms with E-state index in [2.05, 4.69) is 28.1 Å². The molecule has 0 unspecified atom stereocenters. The molecule has 2 aromatic rings. The molecular formula is C17H19N3O2. The Kier molecular flexibility index (Phi) is 4.56. The highest BCUT2D eigenvalue weighted by Crippen LogP contribution is 2.24. The van der Waals surface area contributed by atoms with Crippen molar-refractivity contribution in [3.63, 3.8) is 0 Å². The Bertz CT molecular complexity index is 816. The molecule has 0 amide bonds. The molecule has 2 rings (SSSR count). The van der Waals surface area contributed by atoms with Crippen LogP contribution in [0.2, 0.25) is 0 Å². The molecule has 0 saturated carbocycles. The van der Waals surface area contributed by atoms with Crippen molar-refractivity contribution in [2.75, 3.05) is 7.11 Å². The van der Waals surface area contributed by atoms with E-state index in [4.69, 9.17) is 4.74 Å². The lowest BCUT2D eigenvalue weighted by Gasteiger charge is -2.12. The maximum Gasteiger partial charge on any atom is 0.277 e. The van der Waals surface area contributed by atoms with Crippen LogP contribution in [0.25, 0.3) is 16.6 Å². The number of aromatic amines is 1. The fourth-order valence-electron chi connectivity index (χ4n) is 2.26. The molecule has 2 aromatic heterocycles. The number of fused-ring (bicyclic) bond motifs is 1. The summed E-state index contributed by atoms with van der Waals surface area (Å²) in [5.41, 5.74) is 2.17. The van der Waals surface area contributed by atoms with E-state index in [1.165, 1.54) is 7.11 Å². The lowest BCUT2D eigenvalue weighted by atomic mass is 9.96. The van der Waals surface area contributed by atoms with Gasteiger partial charge in [0.05, 0.1) is 12.6 Å². The van der Waals surface area contributed by atoms with Gasteiger partial charge in [-0.2, -0.15) is 0 Å². The normalized spacial score (nSPS) is 12.2. The summed E-state index contributed by atoms with van der Waals surface area (Å²) in [6.45, 7) is 11.7. The minimum atomic E-state index is -0.314. The van der Waals surface area contributed by atoms with Crippen LogP contribution in [0.1, 0.15) is 19.7 Å². The molecule has 0 fully saturated rings. The summed E-state index contributed by atoms with van der Waals surface area (Å²) in [4.78, 5) is 23.6.